The zero-order chi connectivity index (χ0) is 12.5. The van der Waals surface area contributed by atoms with Crippen molar-refractivity contribution < 1.29 is 9.53 Å². The van der Waals surface area contributed by atoms with Gasteiger partial charge in [0.2, 0.25) is 0 Å². The summed E-state index contributed by atoms with van der Waals surface area (Å²) >= 11 is 0. The molecule has 1 fully saturated rings. The van der Waals surface area contributed by atoms with Crippen LogP contribution in [0.4, 0.5) is 5.82 Å². The largest absolute Gasteiger partial charge is 0.375 e. The fraction of sp³-hybridized carbons (Fsp3) is 0.385. The minimum absolute atomic E-state index is 0.170. The summed E-state index contributed by atoms with van der Waals surface area (Å²) in [5.74, 6) is 0.756. The standard InChI is InChI=1S/C13H15N3O2/c1-10-8-15(6-7-18-10)13-11(9-17)16-5-3-2-4-12(16)14-13/h2-5,9-10H,6-8H2,1H3. The molecule has 5 nitrogen and oxygen atoms in total. The average Bonchev–Trinajstić information content (AvgIpc) is 2.77. The van der Waals surface area contributed by atoms with Gasteiger partial charge in [-0.25, -0.2) is 4.98 Å². The van der Waals surface area contributed by atoms with Crippen molar-refractivity contribution in [2.24, 2.45) is 0 Å². The van der Waals surface area contributed by atoms with E-state index >= 15 is 0 Å². The van der Waals surface area contributed by atoms with Crippen molar-refractivity contribution in [1.29, 1.82) is 0 Å². The van der Waals surface area contributed by atoms with Crippen LogP contribution in [0.25, 0.3) is 5.65 Å². The van der Waals surface area contributed by atoms with E-state index in [0.717, 1.165) is 30.8 Å². The Morgan fingerprint density at radius 2 is 2.39 bits per heavy atom. The van der Waals surface area contributed by atoms with E-state index < -0.39 is 0 Å². The van der Waals surface area contributed by atoms with E-state index in [1.165, 1.54) is 0 Å². The Labute approximate surface area is 105 Å². The van der Waals surface area contributed by atoms with E-state index in [1.807, 2.05) is 35.7 Å². The molecule has 18 heavy (non-hydrogen) atoms. The smallest absolute Gasteiger partial charge is 0.170 e. The molecule has 2 aromatic heterocycles. The summed E-state index contributed by atoms with van der Waals surface area (Å²) in [7, 11) is 0. The number of aldehydes is 1. The van der Waals surface area contributed by atoms with Crippen molar-refractivity contribution in [2.45, 2.75) is 13.0 Å². The third-order valence-electron chi connectivity index (χ3n) is 3.20. The molecule has 1 saturated heterocycles. The number of rotatable bonds is 2. The lowest BCUT2D eigenvalue weighted by molar-refractivity contribution is 0.0529. The van der Waals surface area contributed by atoms with E-state index in [4.69, 9.17) is 4.74 Å². The van der Waals surface area contributed by atoms with Gasteiger partial charge in [-0.15, -0.1) is 0 Å². The molecule has 0 aromatic carbocycles. The van der Waals surface area contributed by atoms with Gasteiger partial charge in [0, 0.05) is 19.3 Å². The average molecular weight is 245 g/mol. The van der Waals surface area contributed by atoms with Gasteiger partial charge in [-0.05, 0) is 19.1 Å². The molecule has 0 aliphatic carbocycles. The molecular formula is C13H15N3O2. The van der Waals surface area contributed by atoms with Crippen molar-refractivity contribution in [3.05, 3.63) is 30.1 Å². The van der Waals surface area contributed by atoms with E-state index in [0.29, 0.717) is 12.3 Å². The van der Waals surface area contributed by atoms with Crippen molar-refractivity contribution in [3.8, 4) is 0 Å². The molecule has 1 aliphatic heterocycles. The number of carbonyl (C=O) groups excluding carboxylic acids is 1. The molecule has 0 amide bonds. The quantitative estimate of drug-likeness (QED) is 0.750. The van der Waals surface area contributed by atoms with Gasteiger partial charge in [0.05, 0.1) is 12.7 Å². The van der Waals surface area contributed by atoms with Crippen LogP contribution in [-0.2, 0) is 4.74 Å². The van der Waals surface area contributed by atoms with Crippen molar-refractivity contribution in [3.63, 3.8) is 0 Å². The van der Waals surface area contributed by atoms with Gasteiger partial charge in [0.25, 0.3) is 0 Å². The Hall–Kier alpha value is -1.88. The highest BCUT2D eigenvalue weighted by atomic mass is 16.5. The van der Waals surface area contributed by atoms with E-state index in [-0.39, 0.29) is 6.10 Å². The number of hydrogen-bond donors (Lipinski definition) is 0. The predicted molar refractivity (Wildman–Crippen MR) is 68.2 cm³/mol. The summed E-state index contributed by atoms with van der Waals surface area (Å²) in [6, 6.07) is 5.72. The zero-order valence-corrected chi connectivity index (χ0v) is 10.2. The van der Waals surface area contributed by atoms with Gasteiger partial charge in [-0.1, -0.05) is 6.07 Å². The SMILES string of the molecule is CC1CN(c2nc3ccccn3c2C=O)CCO1. The third kappa shape index (κ3) is 1.76. The monoisotopic (exact) mass is 245 g/mol. The molecule has 0 N–H and O–H groups in total. The number of morpholine rings is 1. The molecule has 0 radical (unpaired) electrons. The van der Waals surface area contributed by atoms with Crippen LogP contribution < -0.4 is 4.90 Å². The van der Waals surface area contributed by atoms with E-state index in [2.05, 4.69) is 9.88 Å². The van der Waals surface area contributed by atoms with Crippen LogP contribution in [0.2, 0.25) is 0 Å². The minimum atomic E-state index is 0.170. The van der Waals surface area contributed by atoms with Crippen LogP contribution >= 0.6 is 0 Å². The highest BCUT2D eigenvalue weighted by Gasteiger charge is 2.22. The second-order valence-corrected chi connectivity index (χ2v) is 4.49. The number of pyridine rings is 1. The molecule has 1 unspecified atom stereocenters. The molecule has 5 heteroatoms. The Morgan fingerprint density at radius 3 is 3.17 bits per heavy atom. The number of carbonyl (C=O) groups is 1. The minimum Gasteiger partial charge on any atom is -0.375 e. The highest BCUT2D eigenvalue weighted by Crippen LogP contribution is 2.22. The first-order valence-corrected chi connectivity index (χ1v) is 6.08. The summed E-state index contributed by atoms with van der Waals surface area (Å²) < 4.78 is 7.33. The second kappa shape index (κ2) is 4.42. The van der Waals surface area contributed by atoms with Gasteiger partial charge in [0.15, 0.2) is 12.1 Å². The lowest BCUT2D eigenvalue weighted by Gasteiger charge is -2.31. The van der Waals surface area contributed by atoms with Crippen molar-refractivity contribution in [1.82, 2.24) is 9.38 Å². The fourth-order valence-electron chi connectivity index (χ4n) is 2.36. The number of anilines is 1. The van der Waals surface area contributed by atoms with Crippen molar-refractivity contribution in [2.75, 3.05) is 24.6 Å². The van der Waals surface area contributed by atoms with Crippen LogP contribution in [0.15, 0.2) is 24.4 Å². The first kappa shape index (κ1) is 11.2. The maximum Gasteiger partial charge on any atom is 0.170 e. The van der Waals surface area contributed by atoms with Crippen LogP contribution in [0.1, 0.15) is 17.4 Å². The zero-order valence-electron chi connectivity index (χ0n) is 10.2. The fourth-order valence-corrected chi connectivity index (χ4v) is 2.36. The summed E-state index contributed by atoms with van der Waals surface area (Å²) in [4.78, 5) is 18.0. The van der Waals surface area contributed by atoms with Crippen LogP contribution in [-0.4, -0.2) is 41.5 Å². The first-order valence-electron chi connectivity index (χ1n) is 6.08. The highest BCUT2D eigenvalue weighted by molar-refractivity contribution is 5.83. The Kier molecular flexibility index (Phi) is 2.76. The molecule has 2 aromatic rings. The molecule has 1 atom stereocenters. The summed E-state index contributed by atoms with van der Waals surface area (Å²) in [6.07, 6.45) is 2.90. The Morgan fingerprint density at radius 1 is 1.50 bits per heavy atom. The lowest BCUT2D eigenvalue weighted by Crippen LogP contribution is -2.41. The second-order valence-electron chi connectivity index (χ2n) is 4.49. The third-order valence-corrected chi connectivity index (χ3v) is 3.20. The number of hydrogen-bond acceptors (Lipinski definition) is 4. The normalized spacial score (nSPS) is 20.3. The van der Waals surface area contributed by atoms with Gasteiger partial charge in [-0.3, -0.25) is 9.20 Å². The molecule has 0 bridgehead atoms. The first-order chi connectivity index (χ1) is 8.79. The lowest BCUT2D eigenvalue weighted by atomic mass is 10.3. The molecule has 3 rings (SSSR count). The number of aromatic nitrogens is 2. The Bertz CT molecular complexity index is 579. The van der Waals surface area contributed by atoms with Crippen molar-refractivity contribution >= 4 is 17.8 Å². The number of ether oxygens (including phenoxy) is 1. The Balaban J connectivity index is 2.07. The topological polar surface area (TPSA) is 46.8 Å². The van der Waals surface area contributed by atoms with E-state index in [1.54, 1.807) is 0 Å². The van der Waals surface area contributed by atoms with Crippen LogP contribution in [0, 0.1) is 0 Å². The maximum absolute atomic E-state index is 11.3. The summed E-state index contributed by atoms with van der Waals surface area (Å²) in [5.41, 5.74) is 1.41. The van der Waals surface area contributed by atoms with Crippen LogP contribution in [0.3, 0.4) is 0 Å². The number of nitrogens with zero attached hydrogens (tertiary/aromatic N) is 3. The van der Waals surface area contributed by atoms with Crippen LogP contribution in [0.5, 0.6) is 0 Å². The molecule has 1 aliphatic rings. The predicted octanol–water partition coefficient (Wildman–Crippen LogP) is 1.37. The molecular weight excluding hydrogens is 230 g/mol. The summed E-state index contributed by atoms with van der Waals surface area (Å²) in [5, 5.41) is 0. The molecule has 0 saturated carbocycles. The maximum atomic E-state index is 11.3. The van der Waals surface area contributed by atoms with E-state index in [9.17, 15) is 4.79 Å². The van der Waals surface area contributed by atoms with Gasteiger partial charge >= 0.3 is 0 Å². The molecule has 94 valence electrons. The van der Waals surface area contributed by atoms with Gasteiger partial charge < -0.3 is 9.64 Å². The summed E-state index contributed by atoms with van der Waals surface area (Å²) in [6.45, 7) is 4.25. The molecule has 0 spiro atoms. The number of fused-ring (bicyclic) bond motifs is 1. The van der Waals surface area contributed by atoms with Gasteiger partial charge in [-0.2, -0.15) is 0 Å². The number of imidazole rings is 1. The molecule has 3 heterocycles. The van der Waals surface area contributed by atoms with Gasteiger partial charge in [0.1, 0.15) is 11.3 Å².